The van der Waals surface area contributed by atoms with Crippen LogP contribution in [0.15, 0.2) is 47.1 Å². The number of likely N-dealkylation sites (tertiary alicyclic amines) is 1. The highest BCUT2D eigenvalue weighted by molar-refractivity contribution is 5.92. The highest BCUT2D eigenvalue weighted by atomic mass is 19.4. The lowest BCUT2D eigenvalue weighted by Crippen LogP contribution is -2.50. The number of hydrogen-bond acceptors (Lipinski definition) is 4. The number of rotatable bonds is 3. The first-order valence-electron chi connectivity index (χ1n) is 10.2. The second-order valence-electron chi connectivity index (χ2n) is 8.15. The molecular weight excluding hydrogens is 411 g/mol. The summed E-state index contributed by atoms with van der Waals surface area (Å²) in [6, 6.07) is 8.20. The summed E-state index contributed by atoms with van der Waals surface area (Å²) in [6.07, 6.45) is -3.09. The van der Waals surface area contributed by atoms with Crippen molar-refractivity contribution in [3.8, 4) is 0 Å². The minimum atomic E-state index is -4.48. The van der Waals surface area contributed by atoms with Crippen LogP contribution in [-0.2, 0) is 11.0 Å². The van der Waals surface area contributed by atoms with Crippen molar-refractivity contribution in [2.45, 2.75) is 12.1 Å². The number of benzene rings is 1. The van der Waals surface area contributed by atoms with E-state index in [-0.39, 0.29) is 30.7 Å². The minimum absolute atomic E-state index is 0.120. The average molecular weight is 435 g/mol. The quantitative estimate of drug-likeness (QED) is 0.744. The lowest BCUT2D eigenvalue weighted by atomic mass is 9.87. The third-order valence-corrected chi connectivity index (χ3v) is 6.11. The van der Waals surface area contributed by atoms with Crippen LogP contribution in [0.5, 0.6) is 0 Å². The number of likely N-dealkylation sites (N-methyl/N-ethyl adjacent to an activating group) is 1. The molecule has 1 aromatic heterocycles. The molecule has 2 atom stereocenters. The van der Waals surface area contributed by atoms with Crippen LogP contribution >= 0.6 is 0 Å². The van der Waals surface area contributed by atoms with Crippen molar-refractivity contribution >= 4 is 11.8 Å². The molecule has 2 aliphatic heterocycles. The molecule has 0 bridgehead atoms. The van der Waals surface area contributed by atoms with Crippen molar-refractivity contribution in [1.82, 2.24) is 14.7 Å². The summed E-state index contributed by atoms with van der Waals surface area (Å²) >= 11 is 0. The molecule has 31 heavy (non-hydrogen) atoms. The molecular formula is C22H24F3N3O3. The van der Waals surface area contributed by atoms with Gasteiger partial charge in [0.1, 0.15) is 0 Å². The molecule has 3 heterocycles. The third kappa shape index (κ3) is 4.46. The number of carbonyl (C=O) groups is 2. The maximum Gasteiger partial charge on any atom is 0.416 e. The van der Waals surface area contributed by atoms with Crippen LogP contribution in [0.1, 0.15) is 27.6 Å². The first-order chi connectivity index (χ1) is 14.7. The molecule has 4 rings (SSSR count). The van der Waals surface area contributed by atoms with Gasteiger partial charge in [0.2, 0.25) is 5.91 Å². The van der Waals surface area contributed by atoms with E-state index in [9.17, 15) is 22.8 Å². The summed E-state index contributed by atoms with van der Waals surface area (Å²) in [5.74, 6) is -1.46. The Labute approximate surface area is 178 Å². The van der Waals surface area contributed by atoms with Crippen LogP contribution in [0.4, 0.5) is 13.2 Å². The fraction of sp³-hybridized carbons (Fsp3) is 0.455. The molecule has 0 saturated carbocycles. The Hall–Kier alpha value is -2.81. The summed E-state index contributed by atoms with van der Waals surface area (Å²) in [5.41, 5.74) is -0.344. The van der Waals surface area contributed by atoms with Gasteiger partial charge in [-0.05, 0) is 30.8 Å². The molecule has 6 nitrogen and oxygen atoms in total. The Morgan fingerprint density at radius 2 is 1.74 bits per heavy atom. The fourth-order valence-corrected chi connectivity index (χ4v) is 4.32. The number of nitrogens with zero attached hydrogens (tertiary/aromatic N) is 3. The van der Waals surface area contributed by atoms with Gasteiger partial charge in [-0.15, -0.1) is 0 Å². The molecule has 166 valence electrons. The minimum Gasteiger partial charge on any atom is -0.459 e. The third-order valence-electron chi connectivity index (χ3n) is 6.11. The Kier molecular flexibility index (Phi) is 5.79. The van der Waals surface area contributed by atoms with Crippen LogP contribution in [0.25, 0.3) is 0 Å². The van der Waals surface area contributed by atoms with Crippen LogP contribution in [0.2, 0.25) is 0 Å². The lowest BCUT2D eigenvalue weighted by molar-refractivity contribution is -0.137. The Bertz CT molecular complexity index is 937. The molecule has 0 radical (unpaired) electrons. The average Bonchev–Trinajstić information content (AvgIpc) is 3.43. The van der Waals surface area contributed by atoms with Gasteiger partial charge in [0.05, 0.1) is 17.7 Å². The van der Waals surface area contributed by atoms with E-state index in [0.29, 0.717) is 18.7 Å². The summed E-state index contributed by atoms with van der Waals surface area (Å²) in [5, 5.41) is 0. The monoisotopic (exact) mass is 435 g/mol. The van der Waals surface area contributed by atoms with E-state index in [0.717, 1.165) is 25.2 Å². The first kappa shape index (κ1) is 21.4. The van der Waals surface area contributed by atoms with Gasteiger partial charge in [-0.25, -0.2) is 0 Å². The number of alkyl halides is 3. The van der Waals surface area contributed by atoms with Crippen molar-refractivity contribution < 1.29 is 27.2 Å². The molecule has 2 amide bonds. The highest BCUT2D eigenvalue weighted by Crippen LogP contribution is 2.38. The number of amides is 2. The number of piperazine rings is 1. The van der Waals surface area contributed by atoms with Gasteiger partial charge in [-0.1, -0.05) is 18.2 Å². The van der Waals surface area contributed by atoms with E-state index in [2.05, 4.69) is 4.90 Å². The largest absolute Gasteiger partial charge is 0.459 e. The van der Waals surface area contributed by atoms with Crippen molar-refractivity contribution in [2.75, 3.05) is 46.3 Å². The predicted molar refractivity (Wildman–Crippen MR) is 106 cm³/mol. The highest BCUT2D eigenvalue weighted by Gasteiger charge is 2.43. The molecule has 0 spiro atoms. The van der Waals surface area contributed by atoms with Gasteiger partial charge >= 0.3 is 6.18 Å². The zero-order valence-electron chi connectivity index (χ0n) is 17.1. The molecule has 0 N–H and O–H groups in total. The number of hydrogen-bond donors (Lipinski definition) is 0. The summed E-state index contributed by atoms with van der Waals surface area (Å²) in [6.45, 7) is 2.90. The molecule has 2 unspecified atom stereocenters. The number of halogens is 3. The fourth-order valence-electron chi connectivity index (χ4n) is 4.32. The van der Waals surface area contributed by atoms with Gasteiger partial charge in [0, 0.05) is 45.2 Å². The maximum atomic E-state index is 13.4. The van der Waals surface area contributed by atoms with Crippen LogP contribution < -0.4 is 0 Å². The second kappa shape index (κ2) is 8.37. The van der Waals surface area contributed by atoms with Gasteiger partial charge in [0.15, 0.2) is 5.76 Å². The van der Waals surface area contributed by atoms with Crippen molar-refractivity contribution in [2.24, 2.45) is 5.92 Å². The van der Waals surface area contributed by atoms with Crippen molar-refractivity contribution in [1.29, 1.82) is 0 Å². The van der Waals surface area contributed by atoms with Crippen LogP contribution in [0, 0.1) is 5.92 Å². The van der Waals surface area contributed by atoms with E-state index >= 15 is 0 Å². The van der Waals surface area contributed by atoms with E-state index < -0.39 is 23.6 Å². The topological polar surface area (TPSA) is 57.0 Å². The van der Waals surface area contributed by atoms with Crippen LogP contribution in [-0.4, -0.2) is 72.8 Å². The maximum absolute atomic E-state index is 13.4. The molecule has 2 saturated heterocycles. The van der Waals surface area contributed by atoms with Gasteiger partial charge < -0.3 is 19.1 Å². The smallest absolute Gasteiger partial charge is 0.416 e. The second-order valence-corrected chi connectivity index (χ2v) is 8.15. The van der Waals surface area contributed by atoms with E-state index in [1.54, 1.807) is 17.0 Å². The standard InChI is InChI=1S/C22H24F3N3O3/c1-26-7-9-27(10-8-26)20(29)18-14-28(21(30)19-6-3-11-31-19)13-17(18)15-4-2-5-16(12-15)22(23,24)25/h2-6,11-12,17-18H,7-10,13-14H2,1H3. The van der Waals surface area contributed by atoms with Gasteiger partial charge in [-0.3, -0.25) is 9.59 Å². The van der Waals surface area contributed by atoms with Crippen LogP contribution in [0.3, 0.4) is 0 Å². The molecule has 1 aromatic carbocycles. The lowest BCUT2D eigenvalue weighted by Gasteiger charge is -2.35. The zero-order valence-corrected chi connectivity index (χ0v) is 17.1. The molecule has 0 aliphatic carbocycles. The summed E-state index contributed by atoms with van der Waals surface area (Å²) in [4.78, 5) is 31.5. The number of furan rings is 1. The Morgan fingerprint density at radius 1 is 1.00 bits per heavy atom. The van der Waals surface area contributed by atoms with Gasteiger partial charge in [0.25, 0.3) is 5.91 Å². The Balaban J connectivity index is 1.63. The molecule has 2 aromatic rings. The molecule has 9 heteroatoms. The zero-order chi connectivity index (χ0) is 22.2. The van der Waals surface area contributed by atoms with E-state index in [1.807, 2.05) is 7.05 Å². The van der Waals surface area contributed by atoms with Crippen molar-refractivity contribution in [3.05, 3.63) is 59.5 Å². The van der Waals surface area contributed by atoms with E-state index in [4.69, 9.17) is 4.42 Å². The Morgan fingerprint density at radius 3 is 2.39 bits per heavy atom. The normalized spacial score (nSPS) is 22.7. The summed E-state index contributed by atoms with van der Waals surface area (Å²) < 4.78 is 45.0. The van der Waals surface area contributed by atoms with Gasteiger partial charge in [-0.2, -0.15) is 13.2 Å². The van der Waals surface area contributed by atoms with E-state index in [1.165, 1.54) is 23.3 Å². The molecule has 2 fully saturated rings. The first-order valence-corrected chi connectivity index (χ1v) is 10.2. The van der Waals surface area contributed by atoms with Crippen molar-refractivity contribution in [3.63, 3.8) is 0 Å². The SMILES string of the molecule is CN1CCN(C(=O)C2CN(C(=O)c3ccco3)CC2c2cccc(C(F)(F)F)c2)CC1. The molecule has 2 aliphatic rings. The number of carbonyl (C=O) groups excluding carboxylic acids is 2. The summed E-state index contributed by atoms with van der Waals surface area (Å²) in [7, 11) is 1.98. The predicted octanol–water partition coefficient (Wildman–Crippen LogP) is 2.93.